The number of hydrogen-bond donors (Lipinski definition) is 1. The van der Waals surface area contributed by atoms with Crippen LogP contribution in [-0.2, 0) is 16.4 Å². The summed E-state index contributed by atoms with van der Waals surface area (Å²) in [5, 5.41) is 6.51. The molecule has 6 nitrogen and oxygen atoms in total. The van der Waals surface area contributed by atoms with Crippen LogP contribution in [0, 0.1) is 5.92 Å². The highest BCUT2D eigenvalue weighted by atomic mass is 35.5. The van der Waals surface area contributed by atoms with Crippen molar-refractivity contribution in [2.75, 3.05) is 26.2 Å². The molecule has 0 saturated carbocycles. The smallest absolute Gasteiger partial charge is 0.238 e. The second-order valence-electron chi connectivity index (χ2n) is 7.89. The number of nitrogens with two attached hydrogens (primary N) is 1. The number of piperidine rings is 1. The summed E-state index contributed by atoms with van der Waals surface area (Å²) in [5.41, 5.74) is 0.695. The number of primary sulfonamides is 1. The standard InChI is InChI=1S/C21H24Cl2N2O4S/c22-16-2-4-21(30(24,26)27)15(10-16)9-14-5-7-25(8-6-14)12-18-13-28-19-3-1-17(23)11-20(19)29-18/h1-4,10-11,14,18H,5-9,12-13H2,(H2,24,26,27). The topological polar surface area (TPSA) is 81.9 Å². The van der Waals surface area contributed by atoms with E-state index in [9.17, 15) is 8.42 Å². The number of hydrogen-bond acceptors (Lipinski definition) is 5. The third kappa shape index (κ3) is 5.21. The van der Waals surface area contributed by atoms with E-state index < -0.39 is 10.0 Å². The molecule has 0 aromatic heterocycles. The van der Waals surface area contributed by atoms with Crippen molar-refractivity contribution in [3.8, 4) is 11.5 Å². The number of likely N-dealkylation sites (tertiary alicyclic amines) is 1. The van der Waals surface area contributed by atoms with Crippen molar-refractivity contribution in [2.24, 2.45) is 11.1 Å². The van der Waals surface area contributed by atoms with Crippen molar-refractivity contribution < 1.29 is 17.9 Å². The summed E-state index contributed by atoms with van der Waals surface area (Å²) in [6.07, 6.45) is 2.53. The minimum Gasteiger partial charge on any atom is -0.486 e. The van der Waals surface area contributed by atoms with E-state index in [1.54, 1.807) is 24.3 Å². The minimum absolute atomic E-state index is 0.0468. The largest absolute Gasteiger partial charge is 0.486 e. The van der Waals surface area contributed by atoms with Gasteiger partial charge in [-0.15, -0.1) is 0 Å². The molecule has 0 aliphatic carbocycles. The monoisotopic (exact) mass is 470 g/mol. The average Bonchev–Trinajstić information content (AvgIpc) is 2.68. The first kappa shape index (κ1) is 21.7. The Morgan fingerprint density at radius 2 is 1.73 bits per heavy atom. The van der Waals surface area contributed by atoms with Crippen molar-refractivity contribution in [1.82, 2.24) is 4.90 Å². The Morgan fingerprint density at radius 3 is 2.47 bits per heavy atom. The van der Waals surface area contributed by atoms with Crippen LogP contribution in [0.5, 0.6) is 11.5 Å². The van der Waals surface area contributed by atoms with Gasteiger partial charge in [0.2, 0.25) is 10.0 Å². The van der Waals surface area contributed by atoms with Gasteiger partial charge in [0.05, 0.1) is 4.90 Å². The molecule has 9 heteroatoms. The van der Waals surface area contributed by atoms with Gasteiger partial charge in [-0.1, -0.05) is 23.2 Å². The third-order valence-electron chi connectivity index (χ3n) is 5.63. The van der Waals surface area contributed by atoms with Gasteiger partial charge in [-0.2, -0.15) is 0 Å². The van der Waals surface area contributed by atoms with E-state index in [1.807, 2.05) is 6.07 Å². The van der Waals surface area contributed by atoms with Gasteiger partial charge in [0.15, 0.2) is 11.5 Å². The highest BCUT2D eigenvalue weighted by Crippen LogP contribution is 2.34. The predicted molar refractivity (Wildman–Crippen MR) is 117 cm³/mol. The highest BCUT2D eigenvalue weighted by molar-refractivity contribution is 7.89. The Balaban J connectivity index is 1.33. The summed E-state index contributed by atoms with van der Waals surface area (Å²) in [6, 6.07) is 10.2. The fourth-order valence-corrected chi connectivity index (χ4v) is 5.26. The highest BCUT2D eigenvalue weighted by Gasteiger charge is 2.27. The molecule has 0 radical (unpaired) electrons. The number of rotatable bonds is 5. The first-order chi connectivity index (χ1) is 14.3. The molecule has 1 saturated heterocycles. The van der Waals surface area contributed by atoms with Gasteiger partial charge in [-0.25, -0.2) is 13.6 Å². The lowest BCUT2D eigenvalue weighted by atomic mass is 9.90. The number of benzene rings is 2. The molecule has 2 heterocycles. The van der Waals surface area contributed by atoms with Crippen LogP contribution in [0.3, 0.4) is 0 Å². The zero-order chi connectivity index (χ0) is 21.3. The molecule has 4 rings (SSSR count). The van der Waals surface area contributed by atoms with Crippen molar-refractivity contribution in [3.05, 3.63) is 52.0 Å². The van der Waals surface area contributed by atoms with Crippen molar-refractivity contribution >= 4 is 33.2 Å². The molecule has 1 fully saturated rings. The van der Waals surface area contributed by atoms with Gasteiger partial charge in [0.25, 0.3) is 0 Å². The van der Waals surface area contributed by atoms with E-state index >= 15 is 0 Å². The van der Waals surface area contributed by atoms with Crippen LogP contribution >= 0.6 is 23.2 Å². The van der Waals surface area contributed by atoms with E-state index in [0.29, 0.717) is 40.3 Å². The van der Waals surface area contributed by atoms with E-state index in [4.69, 9.17) is 37.8 Å². The van der Waals surface area contributed by atoms with Crippen LogP contribution in [0.15, 0.2) is 41.3 Å². The lowest BCUT2D eigenvalue weighted by Gasteiger charge is -2.35. The van der Waals surface area contributed by atoms with Crippen LogP contribution in [0.1, 0.15) is 18.4 Å². The fourth-order valence-electron chi connectivity index (χ4n) is 4.14. The average molecular weight is 471 g/mol. The molecule has 1 unspecified atom stereocenters. The molecule has 2 aliphatic heterocycles. The van der Waals surface area contributed by atoms with Crippen LogP contribution in [0.25, 0.3) is 0 Å². The third-order valence-corrected chi connectivity index (χ3v) is 7.11. The first-order valence-electron chi connectivity index (χ1n) is 9.90. The zero-order valence-corrected chi connectivity index (χ0v) is 18.7. The molecule has 0 spiro atoms. The van der Waals surface area contributed by atoms with Gasteiger partial charge in [-0.3, -0.25) is 4.90 Å². The van der Waals surface area contributed by atoms with Gasteiger partial charge in [0.1, 0.15) is 12.7 Å². The summed E-state index contributed by atoms with van der Waals surface area (Å²) in [6.45, 7) is 3.11. The maximum atomic E-state index is 11.9. The lowest BCUT2D eigenvalue weighted by molar-refractivity contribution is 0.0478. The summed E-state index contributed by atoms with van der Waals surface area (Å²) in [7, 11) is -3.77. The Labute approximate surface area is 186 Å². The van der Waals surface area contributed by atoms with E-state index in [-0.39, 0.29) is 11.0 Å². The number of fused-ring (bicyclic) bond motifs is 1. The second kappa shape index (κ2) is 8.93. The lowest BCUT2D eigenvalue weighted by Crippen LogP contribution is -2.44. The molecule has 162 valence electrons. The molecular weight excluding hydrogens is 447 g/mol. The molecule has 0 amide bonds. The van der Waals surface area contributed by atoms with Crippen LogP contribution in [0.2, 0.25) is 10.0 Å². The number of halogens is 2. The summed E-state index contributed by atoms with van der Waals surface area (Å²) in [5.74, 6) is 1.79. The van der Waals surface area contributed by atoms with Gasteiger partial charge < -0.3 is 9.47 Å². The summed E-state index contributed by atoms with van der Waals surface area (Å²) >= 11 is 12.1. The zero-order valence-electron chi connectivity index (χ0n) is 16.4. The van der Waals surface area contributed by atoms with E-state index in [2.05, 4.69) is 4.90 Å². The quantitative estimate of drug-likeness (QED) is 0.719. The molecular formula is C21H24Cl2N2O4S. The molecule has 2 aromatic carbocycles. The molecule has 2 aromatic rings. The second-order valence-corrected chi connectivity index (χ2v) is 10.3. The maximum Gasteiger partial charge on any atom is 0.238 e. The Morgan fingerprint density at radius 1 is 1.03 bits per heavy atom. The van der Waals surface area contributed by atoms with Crippen molar-refractivity contribution in [1.29, 1.82) is 0 Å². The molecule has 1 atom stereocenters. The normalized spacial score (nSPS) is 20.3. The number of nitrogens with zero attached hydrogens (tertiary/aromatic N) is 1. The van der Waals surface area contributed by atoms with Crippen LogP contribution in [0.4, 0.5) is 0 Å². The molecule has 0 bridgehead atoms. The maximum absolute atomic E-state index is 11.9. The van der Waals surface area contributed by atoms with Crippen molar-refractivity contribution in [2.45, 2.75) is 30.3 Å². The predicted octanol–water partition coefficient (Wildman–Crippen LogP) is 3.74. The molecule has 2 aliphatic rings. The summed E-state index contributed by atoms with van der Waals surface area (Å²) < 4.78 is 35.6. The molecule has 2 N–H and O–H groups in total. The Kier molecular flexibility index (Phi) is 6.46. The summed E-state index contributed by atoms with van der Waals surface area (Å²) in [4.78, 5) is 2.53. The Bertz CT molecular complexity index is 1020. The number of ether oxygens (including phenoxy) is 2. The van der Waals surface area contributed by atoms with Crippen molar-refractivity contribution in [3.63, 3.8) is 0 Å². The molecule has 30 heavy (non-hydrogen) atoms. The Hall–Kier alpha value is -1.51. The number of sulfonamides is 1. The van der Waals surface area contributed by atoms with Crippen LogP contribution in [-0.4, -0.2) is 45.7 Å². The SMILES string of the molecule is NS(=O)(=O)c1ccc(Cl)cc1CC1CCN(CC2COc3ccc(Cl)cc3O2)CC1. The fraction of sp³-hybridized carbons (Fsp3) is 0.429. The minimum atomic E-state index is -3.77. The van der Waals surface area contributed by atoms with E-state index in [0.717, 1.165) is 38.2 Å². The van der Waals surface area contributed by atoms with Crippen LogP contribution < -0.4 is 14.6 Å². The van der Waals surface area contributed by atoms with Gasteiger partial charge in [0, 0.05) is 22.7 Å². The van der Waals surface area contributed by atoms with E-state index in [1.165, 1.54) is 6.07 Å². The van der Waals surface area contributed by atoms with Gasteiger partial charge in [-0.05, 0) is 74.2 Å². The van der Waals surface area contributed by atoms with Gasteiger partial charge >= 0.3 is 0 Å². The first-order valence-corrected chi connectivity index (χ1v) is 12.2.